The largest absolute Gasteiger partial charge is 0.483 e. The molecule has 1 aromatic carbocycles. The van der Waals surface area contributed by atoms with Gasteiger partial charge >= 0.3 is 0 Å². The zero-order chi connectivity index (χ0) is 14.5. The third-order valence-electron chi connectivity index (χ3n) is 2.95. The lowest BCUT2D eigenvalue weighted by atomic mass is 10.1. The molecule has 0 aliphatic rings. The molecule has 1 unspecified atom stereocenters. The Hall–Kier alpha value is -1.88. The predicted molar refractivity (Wildman–Crippen MR) is 74.4 cm³/mol. The van der Waals surface area contributed by atoms with Crippen molar-refractivity contribution in [3.63, 3.8) is 0 Å². The van der Waals surface area contributed by atoms with E-state index in [2.05, 4.69) is 17.1 Å². The molecule has 0 saturated carbocycles. The van der Waals surface area contributed by atoms with E-state index in [4.69, 9.17) is 9.26 Å². The maximum absolute atomic E-state index is 9.74. The van der Waals surface area contributed by atoms with Crippen LogP contribution in [0.5, 0.6) is 5.75 Å². The van der Waals surface area contributed by atoms with Gasteiger partial charge in [0, 0.05) is 12.0 Å². The summed E-state index contributed by atoms with van der Waals surface area (Å²) in [4.78, 5) is 4.25. The van der Waals surface area contributed by atoms with Gasteiger partial charge in [0.15, 0.2) is 12.4 Å². The van der Waals surface area contributed by atoms with Gasteiger partial charge in [0.25, 0.3) is 5.89 Å². The molecule has 0 saturated heterocycles. The average molecular weight is 276 g/mol. The second kappa shape index (κ2) is 6.52. The molecule has 0 spiro atoms. The standard InChI is InChI=1S/C15H20N2O3/c1-4-5-14-16-15(20-17-14)9-19-13-8-10(2)6-7-12(13)11(3)18/h6-8,11,18H,4-5,9H2,1-3H3. The number of hydrogen-bond donors (Lipinski definition) is 1. The van der Waals surface area contributed by atoms with Gasteiger partial charge < -0.3 is 14.4 Å². The van der Waals surface area contributed by atoms with Gasteiger partial charge in [-0.05, 0) is 31.9 Å². The molecule has 108 valence electrons. The van der Waals surface area contributed by atoms with Crippen LogP contribution in [0.2, 0.25) is 0 Å². The van der Waals surface area contributed by atoms with E-state index < -0.39 is 6.10 Å². The van der Waals surface area contributed by atoms with Crippen LogP contribution < -0.4 is 4.74 Å². The maximum atomic E-state index is 9.74. The van der Waals surface area contributed by atoms with Crippen LogP contribution in [0, 0.1) is 6.92 Å². The molecule has 1 N–H and O–H groups in total. The van der Waals surface area contributed by atoms with Crippen molar-refractivity contribution in [3.8, 4) is 5.75 Å². The van der Waals surface area contributed by atoms with Crippen LogP contribution in [0.3, 0.4) is 0 Å². The molecule has 1 aromatic heterocycles. The molecule has 0 amide bonds. The zero-order valence-electron chi connectivity index (χ0n) is 12.1. The minimum atomic E-state index is -0.580. The van der Waals surface area contributed by atoms with Crippen molar-refractivity contribution < 1.29 is 14.4 Å². The quantitative estimate of drug-likeness (QED) is 0.878. The number of aliphatic hydroxyl groups excluding tert-OH is 1. The molecule has 0 bridgehead atoms. The van der Waals surface area contributed by atoms with Crippen molar-refractivity contribution in [2.24, 2.45) is 0 Å². The number of aromatic nitrogens is 2. The van der Waals surface area contributed by atoms with Crippen LogP contribution >= 0.6 is 0 Å². The fraction of sp³-hybridized carbons (Fsp3) is 0.467. The molecular formula is C15H20N2O3. The van der Waals surface area contributed by atoms with Crippen LogP contribution in [0.4, 0.5) is 0 Å². The molecule has 0 radical (unpaired) electrons. The van der Waals surface area contributed by atoms with Crippen molar-refractivity contribution in [2.75, 3.05) is 0 Å². The number of rotatable bonds is 6. The summed E-state index contributed by atoms with van der Waals surface area (Å²) in [5.74, 6) is 1.80. The van der Waals surface area contributed by atoms with Gasteiger partial charge in [-0.2, -0.15) is 4.98 Å². The summed E-state index contributed by atoms with van der Waals surface area (Å²) in [6.45, 7) is 5.96. The highest BCUT2D eigenvalue weighted by Gasteiger charge is 2.12. The van der Waals surface area contributed by atoms with E-state index in [1.807, 2.05) is 25.1 Å². The van der Waals surface area contributed by atoms with E-state index in [-0.39, 0.29) is 6.61 Å². The molecule has 2 aromatic rings. The summed E-state index contributed by atoms with van der Waals surface area (Å²) >= 11 is 0. The number of aryl methyl sites for hydroxylation is 2. The fourth-order valence-electron chi connectivity index (χ4n) is 1.93. The molecule has 1 heterocycles. The van der Waals surface area contributed by atoms with Gasteiger partial charge in [0.2, 0.25) is 0 Å². The Bertz CT molecular complexity index is 564. The van der Waals surface area contributed by atoms with Gasteiger partial charge in [0.1, 0.15) is 5.75 Å². The molecule has 0 aliphatic carbocycles. The Morgan fingerprint density at radius 1 is 1.40 bits per heavy atom. The summed E-state index contributed by atoms with van der Waals surface area (Å²) in [6, 6.07) is 5.71. The molecule has 0 fully saturated rings. The number of nitrogens with zero attached hydrogens (tertiary/aromatic N) is 2. The normalized spacial score (nSPS) is 12.4. The summed E-state index contributed by atoms with van der Waals surface area (Å²) in [5, 5.41) is 13.6. The first-order chi connectivity index (χ1) is 9.60. The van der Waals surface area contributed by atoms with Crippen LogP contribution in [-0.4, -0.2) is 15.2 Å². The average Bonchev–Trinajstić information content (AvgIpc) is 2.84. The Labute approximate surface area is 118 Å². The van der Waals surface area contributed by atoms with E-state index in [0.29, 0.717) is 17.5 Å². The van der Waals surface area contributed by atoms with Gasteiger partial charge in [-0.15, -0.1) is 0 Å². The number of aliphatic hydroxyl groups is 1. The Morgan fingerprint density at radius 2 is 2.20 bits per heavy atom. The molecule has 5 nitrogen and oxygen atoms in total. The highest BCUT2D eigenvalue weighted by molar-refractivity contribution is 5.38. The lowest BCUT2D eigenvalue weighted by Crippen LogP contribution is -2.02. The number of benzene rings is 1. The van der Waals surface area contributed by atoms with E-state index in [1.165, 1.54) is 0 Å². The van der Waals surface area contributed by atoms with Gasteiger partial charge in [-0.25, -0.2) is 0 Å². The minimum Gasteiger partial charge on any atom is -0.483 e. The lowest BCUT2D eigenvalue weighted by Gasteiger charge is -2.13. The highest BCUT2D eigenvalue weighted by Crippen LogP contribution is 2.26. The molecule has 0 aliphatic heterocycles. The third kappa shape index (κ3) is 3.57. The molecular weight excluding hydrogens is 256 g/mol. The van der Waals surface area contributed by atoms with E-state index in [1.54, 1.807) is 6.92 Å². The second-order valence-corrected chi connectivity index (χ2v) is 4.86. The number of ether oxygens (including phenoxy) is 1. The van der Waals surface area contributed by atoms with Gasteiger partial charge in [-0.1, -0.05) is 24.2 Å². The van der Waals surface area contributed by atoms with Crippen molar-refractivity contribution >= 4 is 0 Å². The first-order valence-corrected chi connectivity index (χ1v) is 6.83. The molecule has 1 atom stereocenters. The summed E-state index contributed by atoms with van der Waals surface area (Å²) in [5.41, 5.74) is 1.82. The van der Waals surface area contributed by atoms with Crippen molar-refractivity contribution in [1.82, 2.24) is 10.1 Å². The zero-order valence-corrected chi connectivity index (χ0v) is 12.1. The smallest absolute Gasteiger partial charge is 0.264 e. The fourth-order valence-corrected chi connectivity index (χ4v) is 1.93. The topological polar surface area (TPSA) is 68.4 Å². The van der Waals surface area contributed by atoms with E-state index in [0.717, 1.165) is 24.0 Å². The Kier molecular flexibility index (Phi) is 4.74. The SMILES string of the molecule is CCCc1noc(COc2cc(C)ccc2C(C)O)n1. The lowest BCUT2D eigenvalue weighted by molar-refractivity contribution is 0.185. The first-order valence-electron chi connectivity index (χ1n) is 6.83. The summed E-state index contributed by atoms with van der Waals surface area (Å²) in [7, 11) is 0. The molecule has 5 heteroatoms. The molecule has 20 heavy (non-hydrogen) atoms. The highest BCUT2D eigenvalue weighted by atomic mass is 16.5. The van der Waals surface area contributed by atoms with Crippen molar-refractivity contribution in [1.29, 1.82) is 0 Å². The second-order valence-electron chi connectivity index (χ2n) is 4.86. The summed E-state index contributed by atoms with van der Waals surface area (Å²) in [6.07, 6.45) is 1.19. The monoisotopic (exact) mass is 276 g/mol. The van der Waals surface area contributed by atoms with E-state index in [9.17, 15) is 5.11 Å². The number of hydrogen-bond acceptors (Lipinski definition) is 5. The van der Waals surface area contributed by atoms with Crippen LogP contribution in [0.15, 0.2) is 22.7 Å². The minimum absolute atomic E-state index is 0.208. The van der Waals surface area contributed by atoms with E-state index >= 15 is 0 Å². The van der Waals surface area contributed by atoms with Gasteiger partial charge in [-0.3, -0.25) is 0 Å². The van der Waals surface area contributed by atoms with Crippen LogP contribution in [0.25, 0.3) is 0 Å². The van der Waals surface area contributed by atoms with Crippen molar-refractivity contribution in [3.05, 3.63) is 41.0 Å². The first kappa shape index (κ1) is 14.5. The molecule has 2 rings (SSSR count). The van der Waals surface area contributed by atoms with Crippen LogP contribution in [-0.2, 0) is 13.0 Å². The Morgan fingerprint density at radius 3 is 2.90 bits per heavy atom. The predicted octanol–water partition coefficient (Wildman–Crippen LogP) is 2.96. The van der Waals surface area contributed by atoms with Crippen molar-refractivity contribution in [2.45, 2.75) is 46.3 Å². The van der Waals surface area contributed by atoms with Crippen LogP contribution in [0.1, 0.15) is 49.2 Å². The Balaban J connectivity index is 2.07. The summed E-state index contributed by atoms with van der Waals surface area (Å²) < 4.78 is 10.8. The maximum Gasteiger partial charge on any atom is 0.264 e. The third-order valence-corrected chi connectivity index (χ3v) is 2.95. The van der Waals surface area contributed by atoms with Gasteiger partial charge in [0.05, 0.1) is 6.10 Å².